The second kappa shape index (κ2) is 9.20. The van der Waals surface area contributed by atoms with Crippen molar-refractivity contribution in [2.24, 2.45) is 11.5 Å². The van der Waals surface area contributed by atoms with E-state index >= 15 is 0 Å². The lowest BCUT2D eigenvalue weighted by Gasteiger charge is -2.01. The van der Waals surface area contributed by atoms with Gasteiger partial charge in [0.05, 0.1) is 24.5 Å². The SMILES string of the molecule is CN(C)C(N)=O.COC(N)=O.c1ccc2[nH]cnc2c1. The lowest BCUT2D eigenvalue weighted by atomic mass is 10.3. The Hall–Kier alpha value is -2.77. The molecule has 0 atom stereocenters. The van der Waals surface area contributed by atoms with E-state index in [2.05, 4.69) is 20.4 Å². The molecule has 3 amide bonds. The van der Waals surface area contributed by atoms with E-state index in [1.165, 1.54) is 12.0 Å². The Morgan fingerprint density at radius 3 is 2.15 bits per heavy atom. The van der Waals surface area contributed by atoms with Crippen molar-refractivity contribution in [3.05, 3.63) is 30.6 Å². The Morgan fingerprint density at radius 1 is 1.25 bits per heavy atom. The van der Waals surface area contributed by atoms with Gasteiger partial charge in [-0.3, -0.25) is 0 Å². The van der Waals surface area contributed by atoms with Crippen molar-refractivity contribution < 1.29 is 14.3 Å². The number of hydrogen-bond acceptors (Lipinski definition) is 4. The summed E-state index contributed by atoms with van der Waals surface area (Å²) in [4.78, 5) is 27.6. The summed E-state index contributed by atoms with van der Waals surface area (Å²) in [5, 5.41) is 0. The minimum Gasteiger partial charge on any atom is -0.453 e. The Labute approximate surface area is 116 Å². The van der Waals surface area contributed by atoms with Crippen LogP contribution >= 0.6 is 0 Å². The van der Waals surface area contributed by atoms with Crippen molar-refractivity contribution in [1.29, 1.82) is 0 Å². The zero-order valence-electron chi connectivity index (χ0n) is 11.7. The summed E-state index contributed by atoms with van der Waals surface area (Å²) in [5.74, 6) is 0. The molecule has 0 saturated carbocycles. The van der Waals surface area contributed by atoms with E-state index in [1.807, 2.05) is 24.3 Å². The number of para-hydroxylation sites is 2. The van der Waals surface area contributed by atoms with Crippen molar-refractivity contribution in [1.82, 2.24) is 14.9 Å². The van der Waals surface area contributed by atoms with Crippen molar-refractivity contribution in [3.8, 4) is 0 Å². The zero-order valence-corrected chi connectivity index (χ0v) is 11.7. The fourth-order valence-electron chi connectivity index (χ4n) is 0.880. The zero-order chi connectivity index (χ0) is 15.5. The van der Waals surface area contributed by atoms with Gasteiger partial charge in [0.1, 0.15) is 0 Å². The molecule has 0 aliphatic heterocycles. The first-order valence-electron chi connectivity index (χ1n) is 5.56. The van der Waals surface area contributed by atoms with Gasteiger partial charge in [0.15, 0.2) is 0 Å². The Balaban J connectivity index is 0.000000291. The van der Waals surface area contributed by atoms with E-state index in [0.29, 0.717) is 0 Å². The highest BCUT2D eigenvalue weighted by molar-refractivity contribution is 5.73. The first-order chi connectivity index (χ1) is 9.38. The number of ether oxygens (including phenoxy) is 1. The van der Waals surface area contributed by atoms with Crippen molar-refractivity contribution in [2.45, 2.75) is 0 Å². The highest BCUT2D eigenvalue weighted by Gasteiger charge is 1.89. The summed E-state index contributed by atoms with van der Waals surface area (Å²) in [6.45, 7) is 0. The molecule has 0 radical (unpaired) electrons. The second-order valence-electron chi connectivity index (χ2n) is 3.68. The predicted molar refractivity (Wildman–Crippen MR) is 76.0 cm³/mol. The average molecular weight is 281 g/mol. The number of primary amides is 2. The fourth-order valence-corrected chi connectivity index (χ4v) is 0.880. The maximum Gasteiger partial charge on any atom is 0.404 e. The third-order valence-corrected chi connectivity index (χ3v) is 1.97. The number of fused-ring (bicyclic) bond motifs is 1. The van der Waals surface area contributed by atoms with Gasteiger partial charge in [0, 0.05) is 14.1 Å². The van der Waals surface area contributed by atoms with Gasteiger partial charge >= 0.3 is 12.1 Å². The molecule has 0 spiro atoms. The number of nitrogens with two attached hydrogens (primary N) is 2. The minimum atomic E-state index is -0.745. The Kier molecular flexibility index (Phi) is 7.92. The standard InChI is InChI=1S/C7H6N2.C3H8N2O.C2H5NO2/c1-2-4-7-6(3-1)8-5-9-7;1-5(2)3(4)6;1-5-2(3)4/h1-5H,(H,8,9);1-2H3,(H2,4,6);1H3,(H2,3,4). The number of aromatic nitrogens is 2. The lowest BCUT2D eigenvalue weighted by Crippen LogP contribution is -2.27. The predicted octanol–water partition coefficient (Wildman–Crippen LogP) is 0.901. The molecular formula is C12H19N5O3. The fraction of sp³-hybridized carbons (Fsp3) is 0.250. The largest absolute Gasteiger partial charge is 0.453 e. The van der Waals surface area contributed by atoms with Crippen molar-refractivity contribution >= 4 is 23.2 Å². The van der Waals surface area contributed by atoms with Crippen LogP contribution < -0.4 is 11.5 Å². The van der Waals surface area contributed by atoms with Crippen LogP contribution in [0.1, 0.15) is 0 Å². The molecule has 1 aromatic carbocycles. The maximum atomic E-state index is 9.85. The summed E-state index contributed by atoms with van der Waals surface area (Å²) < 4.78 is 3.89. The summed E-state index contributed by atoms with van der Waals surface area (Å²) in [7, 11) is 4.42. The number of methoxy groups -OCH3 is 1. The molecule has 110 valence electrons. The maximum absolute atomic E-state index is 9.85. The van der Waals surface area contributed by atoms with Crippen LogP contribution in [0.4, 0.5) is 9.59 Å². The van der Waals surface area contributed by atoms with Crippen LogP contribution in [0.2, 0.25) is 0 Å². The van der Waals surface area contributed by atoms with Crippen LogP contribution in [-0.4, -0.2) is 48.2 Å². The second-order valence-corrected chi connectivity index (χ2v) is 3.68. The van der Waals surface area contributed by atoms with Crippen LogP contribution in [0.5, 0.6) is 0 Å². The number of amides is 3. The highest BCUT2D eigenvalue weighted by atomic mass is 16.5. The molecule has 20 heavy (non-hydrogen) atoms. The number of urea groups is 1. The quantitative estimate of drug-likeness (QED) is 0.662. The first-order valence-corrected chi connectivity index (χ1v) is 5.56. The summed E-state index contributed by atoms with van der Waals surface area (Å²) in [6.07, 6.45) is 0.954. The Bertz CT molecular complexity index is 508. The van der Waals surface area contributed by atoms with Crippen LogP contribution in [-0.2, 0) is 4.74 Å². The van der Waals surface area contributed by atoms with Gasteiger partial charge in [0.25, 0.3) is 0 Å². The Morgan fingerprint density at radius 2 is 1.75 bits per heavy atom. The first kappa shape index (κ1) is 17.2. The number of imidazole rings is 1. The monoisotopic (exact) mass is 281 g/mol. The number of aromatic amines is 1. The van der Waals surface area contributed by atoms with E-state index in [4.69, 9.17) is 5.73 Å². The number of carbonyl (C=O) groups excluding carboxylic acids is 2. The average Bonchev–Trinajstić information content (AvgIpc) is 2.88. The molecule has 2 rings (SSSR count). The van der Waals surface area contributed by atoms with Gasteiger partial charge in [-0.1, -0.05) is 12.1 Å². The number of rotatable bonds is 0. The third kappa shape index (κ3) is 7.54. The molecule has 0 fully saturated rings. The summed E-state index contributed by atoms with van der Waals surface area (Å²) >= 11 is 0. The van der Waals surface area contributed by atoms with E-state index in [-0.39, 0.29) is 0 Å². The molecule has 5 N–H and O–H groups in total. The normalized spacial score (nSPS) is 8.55. The molecule has 0 aliphatic carbocycles. The van der Waals surface area contributed by atoms with E-state index in [9.17, 15) is 9.59 Å². The van der Waals surface area contributed by atoms with E-state index in [1.54, 1.807) is 20.4 Å². The molecule has 8 heteroatoms. The molecule has 0 saturated heterocycles. The molecular weight excluding hydrogens is 262 g/mol. The number of benzene rings is 1. The molecule has 0 bridgehead atoms. The molecule has 0 aliphatic rings. The lowest BCUT2D eigenvalue weighted by molar-refractivity contribution is 0.182. The van der Waals surface area contributed by atoms with Crippen LogP contribution in [0.25, 0.3) is 11.0 Å². The van der Waals surface area contributed by atoms with Gasteiger partial charge in [0.2, 0.25) is 0 Å². The van der Waals surface area contributed by atoms with Gasteiger partial charge < -0.3 is 26.1 Å². The van der Waals surface area contributed by atoms with Crippen LogP contribution in [0.3, 0.4) is 0 Å². The van der Waals surface area contributed by atoms with E-state index in [0.717, 1.165) is 11.0 Å². The molecule has 1 heterocycles. The summed E-state index contributed by atoms with van der Waals surface area (Å²) in [5.41, 5.74) is 11.3. The molecule has 8 nitrogen and oxygen atoms in total. The summed E-state index contributed by atoms with van der Waals surface area (Å²) in [6, 6.07) is 7.53. The third-order valence-electron chi connectivity index (χ3n) is 1.97. The van der Waals surface area contributed by atoms with Gasteiger partial charge in [-0.15, -0.1) is 0 Å². The number of H-pyrrole nitrogens is 1. The van der Waals surface area contributed by atoms with Gasteiger partial charge in [-0.05, 0) is 12.1 Å². The van der Waals surface area contributed by atoms with E-state index < -0.39 is 12.1 Å². The number of hydrogen-bond donors (Lipinski definition) is 3. The van der Waals surface area contributed by atoms with Crippen molar-refractivity contribution in [2.75, 3.05) is 21.2 Å². The smallest absolute Gasteiger partial charge is 0.404 e. The number of nitrogens with zero attached hydrogens (tertiary/aromatic N) is 2. The van der Waals surface area contributed by atoms with Crippen molar-refractivity contribution in [3.63, 3.8) is 0 Å². The van der Waals surface area contributed by atoms with Crippen LogP contribution in [0.15, 0.2) is 30.6 Å². The number of carbonyl (C=O) groups is 2. The van der Waals surface area contributed by atoms with Gasteiger partial charge in [-0.2, -0.15) is 0 Å². The minimum absolute atomic E-state index is 0.407. The molecule has 0 unspecified atom stereocenters. The topological polar surface area (TPSA) is 127 Å². The number of nitrogens with one attached hydrogen (secondary N) is 1. The van der Waals surface area contributed by atoms with Gasteiger partial charge in [-0.25, -0.2) is 14.6 Å². The molecule has 1 aromatic heterocycles. The molecule has 2 aromatic rings. The highest BCUT2D eigenvalue weighted by Crippen LogP contribution is 2.05. The van der Waals surface area contributed by atoms with Crippen LogP contribution in [0, 0.1) is 0 Å².